The summed E-state index contributed by atoms with van der Waals surface area (Å²) in [6, 6.07) is -0.888. The number of aromatic nitrogens is 2. The molecular formula is C14H21N3O5. The Morgan fingerprint density at radius 3 is 2.95 bits per heavy atom. The number of hydrogen-bond acceptors (Lipinski definition) is 6. The van der Waals surface area contributed by atoms with E-state index in [0.29, 0.717) is 37.7 Å². The fourth-order valence-corrected chi connectivity index (χ4v) is 2.36. The van der Waals surface area contributed by atoms with Crippen LogP contribution in [0, 0.1) is 0 Å². The normalized spacial score (nSPS) is 18.4. The van der Waals surface area contributed by atoms with Crippen LogP contribution < -0.4 is 0 Å². The van der Waals surface area contributed by atoms with Crippen LogP contribution in [0.5, 0.6) is 0 Å². The van der Waals surface area contributed by atoms with Gasteiger partial charge in [-0.2, -0.15) is 4.98 Å². The lowest BCUT2D eigenvalue weighted by Gasteiger charge is -2.32. The molecule has 0 saturated carbocycles. The van der Waals surface area contributed by atoms with Crippen molar-refractivity contribution in [1.82, 2.24) is 15.0 Å². The van der Waals surface area contributed by atoms with Crippen molar-refractivity contribution >= 4 is 11.9 Å². The molecule has 2 heterocycles. The van der Waals surface area contributed by atoms with Gasteiger partial charge in [0.15, 0.2) is 11.9 Å². The van der Waals surface area contributed by atoms with Crippen LogP contribution >= 0.6 is 0 Å². The van der Waals surface area contributed by atoms with Gasteiger partial charge in [-0.05, 0) is 12.8 Å². The quantitative estimate of drug-likeness (QED) is 0.788. The molecule has 0 aromatic carbocycles. The third-order valence-corrected chi connectivity index (χ3v) is 3.50. The van der Waals surface area contributed by atoms with Gasteiger partial charge in [-0.1, -0.05) is 12.1 Å². The van der Waals surface area contributed by atoms with Crippen LogP contribution in [0.15, 0.2) is 4.52 Å². The second-order valence-corrected chi connectivity index (χ2v) is 5.22. The largest absolute Gasteiger partial charge is 0.480 e. The molecule has 0 bridgehead atoms. The Morgan fingerprint density at radius 2 is 2.23 bits per heavy atom. The van der Waals surface area contributed by atoms with Crippen molar-refractivity contribution in [2.24, 2.45) is 0 Å². The smallest absolute Gasteiger partial charge is 0.328 e. The zero-order valence-corrected chi connectivity index (χ0v) is 12.7. The third kappa shape index (κ3) is 4.27. The highest BCUT2D eigenvalue weighted by atomic mass is 16.5. The zero-order chi connectivity index (χ0) is 15.9. The van der Waals surface area contributed by atoms with Gasteiger partial charge in [0.25, 0.3) is 0 Å². The Hall–Kier alpha value is -1.96. The highest BCUT2D eigenvalue weighted by Gasteiger charge is 2.32. The molecule has 122 valence electrons. The van der Waals surface area contributed by atoms with E-state index < -0.39 is 12.0 Å². The van der Waals surface area contributed by atoms with Crippen molar-refractivity contribution < 1.29 is 24.0 Å². The molecule has 0 radical (unpaired) electrons. The topological polar surface area (TPSA) is 106 Å². The molecule has 1 N–H and O–H groups in total. The molecule has 1 aliphatic rings. The minimum Gasteiger partial charge on any atom is -0.480 e. The van der Waals surface area contributed by atoms with Gasteiger partial charge in [-0.3, -0.25) is 4.79 Å². The van der Waals surface area contributed by atoms with E-state index in [1.807, 2.05) is 6.92 Å². The van der Waals surface area contributed by atoms with Crippen LogP contribution in [0.4, 0.5) is 0 Å². The number of carboxylic acid groups (broad SMARTS) is 1. The van der Waals surface area contributed by atoms with Crippen molar-refractivity contribution in [3.8, 4) is 0 Å². The van der Waals surface area contributed by atoms with Gasteiger partial charge in [0, 0.05) is 25.8 Å². The van der Waals surface area contributed by atoms with E-state index >= 15 is 0 Å². The molecule has 8 nitrogen and oxygen atoms in total. The summed E-state index contributed by atoms with van der Waals surface area (Å²) in [5.74, 6) is -0.00545. The molecular weight excluding hydrogens is 290 g/mol. The molecule has 22 heavy (non-hydrogen) atoms. The molecule has 0 spiro atoms. The van der Waals surface area contributed by atoms with E-state index in [1.165, 1.54) is 4.90 Å². The fraction of sp³-hybridized carbons (Fsp3) is 0.714. The van der Waals surface area contributed by atoms with Gasteiger partial charge in [-0.15, -0.1) is 0 Å². The van der Waals surface area contributed by atoms with Crippen molar-refractivity contribution in [1.29, 1.82) is 0 Å². The maximum Gasteiger partial charge on any atom is 0.328 e. The van der Waals surface area contributed by atoms with Gasteiger partial charge in [0.2, 0.25) is 11.8 Å². The highest BCUT2D eigenvalue weighted by molar-refractivity contribution is 5.83. The van der Waals surface area contributed by atoms with E-state index in [0.717, 1.165) is 12.8 Å². The maximum atomic E-state index is 12.2. The average Bonchev–Trinajstić information content (AvgIpc) is 2.95. The SMILES string of the molecule is CCCc1noc(CCCC(=O)N2CCOC[C@@H]2C(=O)O)n1. The number of aryl methyl sites for hydroxylation is 2. The lowest BCUT2D eigenvalue weighted by atomic mass is 10.1. The van der Waals surface area contributed by atoms with Gasteiger partial charge in [0.1, 0.15) is 0 Å². The zero-order valence-electron chi connectivity index (χ0n) is 12.7. The van der Waals surface area contributed by atoms with E-state index in [1.54, 1.807) is 0 Å². The first-order valence-electron chi connectivity index (χ1n) is 7.53. The third-order valence-electron chi connectivity index (χ3n) is 3.50. The second kappa shape index (κ2) is 7.88. The van der Waals surface area contributed by atoms with Gasteiger partial charge >= 0.3 is 5.97 Å². The summed E-state index contributed by atoms with van der Waals surface area (Å²) in [5, 5.41) is 13.0. The first kappa shape index (κ1) is 16.4. The molecule has 1 aromatic heterocycles. The predicted octanol–water partition coefficient (Wildman–Crippen LogP) is 0.657. The van der Waals surface area contributed by atoms with E-state index in [9.17, 15) is 9.59 Å². The first-order valence-corrected chi connectivity index (χ1v) is 7.53. The molecule has 1 fully saturated rings. The van der Waals surface area contributed by atoms with Gasteiger partial charge in [-0.25, -0.2) is 4.79 Å². The van der Waals surface area contributed by atoms with Crippen molar-refractivity contribution in [2.75, 3.05) is 19.8 Å². The number of nitrogens with zero attached hydrogens (tertiary/aromatic N) is 3. The average molecular weight is 311 g/mol. The van der Waals surface area contributed by atoms with Crippen molar-refractivity contribution in [3.05, 3.63) is 11.7 Å². The summed E-state index contributed by atoms with van der Waals surface area (Å²) in [5.41, 5.74) is 0. The van der Waals surface area contributed by atoms with Crippen molar-refractivity contribution in [3.63, 3.8) is 0 Å². The molecule has 1 atom stereocenters. The predicted molar refractivity (Wildman–Crippen MR) is 75.2 cm³/mol. The number of morpholine rings is 1. The van der Waals surface area contributed by atoms with Crippen LogP contribution in [0.25, 0.3) is 0 Å². The van der Waals surface area contributed by atoms with Crippen molar-refractivity contribution in [2.45, 2.75) is 45.1 Å². The fourth-order valence-electron chi connectivity index (χ4n) is 2.36. The van der Waals surface area contributed by atoms with Crippen LogP contribution in [0.3, 0.4) is 0 Å². The summed E-state index contributed by atoms with van der Waals surface area (Å²) < 4.78 is 10.2. The van der Waals surface area contributed by atoms with E-state index in [-0.39, 0.29) is 18.9 Å². The Bertz CT molecular complexity index is 516. The molecule has 1 aromatic rings. The number of rotatable bonds is 7. The second-order valence-electron chi connectivity index (χ2n) is 5.22. The monoisotopic (exact) mass is 311 g/mol. The summed E-state index contributed by atoms with van der Waals surface area (Å²) in [4.78, 5) is 28.9. The lowest BCUT2D eigenvalue weighted by molar-refractivity contribution is -0.158. The molecule has 0 aliphatic carbocycles. The minimum absolute atomic E-state index is 0.0467. The maximum absolute atomic E-state index is 12.2. The number of carboxylic acids is 1. The van der Waals surface area contributed by atoms with E-state index in [2.05, 4.69) is 10.1 Å². The number of carbonyl (C=O) groups excluding carboxylic acids is 1. The molecule has 2 rings (SSSR count). The molecule has 1 saturated heterocycles. The summed E-state index contributed by atoms with van der Waals surface area (Å²) in [6.07, 6.45) is 3.05. The summed E-state index contributed by atoms with van der Waals surface area (Å²) >= 11 is 0. The molecule has 8 heteroatoms. The van der Waals surface area contributed by atoms with Crippen LogP contribution in [0.2, 0.25) is 0 Å². The van der Waals surface area contributed by atoms with Crippen LogP contribution in [-0.2, 0) is 27.2 Å². The van der Waals surface area contributed by atoms with E-state index in [4.69, 9.17) is 14.4 Å². The highest BCUT2D eigenvalue weighted by Crippen LogP contribution is 2.12. The minimum atomic E-state index is -1.03. The van der Waals surface area contributed by atoms with Gasteiger partial charge in [0.05, 0.1) is 13.2 Å². The lowest BCUT2D eigenvalue weighted by Crippen LogP contribution is -2.52. The Kier molecular flexibility index (Phi) is 5.88. The Morgan fingerprint density at radius 1 is 1.41 bits per heavy atom. The number of carbonyl (C=O) groups is 2. The first-order chi connectivity index (χ1) is 10.6. The van der Waals surface area contributed by atoms with Crippen LogP contribution in [0.1, 0.15) is 37.9 Å². The van der Waals surface area contributed by atoms with Gasteiger partial charge < -0.3 is 19.3 Å². The molecule has 1 amide bonds. The standard InChI is InChI=1S/C14H21N3O5/c1-2-4-11-15-12(22-16-11)5-3-6-13(18)17-7-8-21-9-10(17)14(19)20/h10H,2-9H2,1H3,(H,19,20)/t10-/m1/s1. The molecule has 0 unspecified atom stereocenters. The summed E-state index contributed by atoms with van der Waals surface area (Å²) in [6.45, 7) is 2.78. The number of ether oxygens (including phenoxy) is 1. The Balaban J connectivity index is 1.79. The Labute approximate surface area is 128 Å². The number of aliphatic carboxylic acids is 1. The number of amides is 1. The molecule has 1 aliphatic heterocycles. The summed E-state index contributed by atoms with van der Waals surface area (Å²) in [7, 11) is 0. The van der Waals surface area contributed by atoms with Crippen LogP contribution in [-0.4, -0.2) is 57.8 Å². The number of hydrogen-bond donors (Lipinski definition) is 1.